The Hall–Kier alpha value is -3.07. The van der Waals surface area contributed by atoms with Crippen LogP contribution in [0.5, 0.6) is 0 Å². The number of rotatable bonds is 5. The zero-order valence-corrected chi connectivity index (χ0v) is 21.6. The number of likely N-dealkylation sites (tertiary alicyclic amines) is 1. The molecule has 5 rings (SSSR count). The van der Waals surface area contributed by atoms with E-state index in [0.29, 0.717) is 51.2 Å². The fourth-order valence-corrected chi connectivity index (χ4v) is 6.16. The van der Waals surface area contributed by atoms with Crippen LogP contribution in [0, 0.1) is 11.8 Å². The van der Waals surface area contributed by atoms with Gasteiger partial charge in [-0.2, -0.15) is 13.2 Å². The first-order valence-corrected chi connectivity index (χ1v) is 13.4. The Morgan fingerprint density at radius 3 is 2.42 bits per heavy atom. The fourth-order valence-electron chi connectivity index (χ4n) is 6.16. The van der Waals surface area contributed by atoms with Gasteiger partial charge in [-0.1, -0.05) is 30.3 Å². The van der Waals surface area contributed by atoms with Gasteiger partial charge in [0, 0.05) is 45.0 Å². The van der Waals surface area contributed by atoms with Crippen molar-refractivity contribution in [2.24, 2.45) is 11.8 Å². The quantitative estimate of drug-likeness (QED) is 0.539. The van der Waals surface area contributed by atoms with Crippen LogP contribution in [0.1, 0.15) is 36.5 Å². The van der Waals surface area contributed by atoms with E-state index < -0.39 is 17.7 Å². The van der Waals surface area contributed by atoms with E-state index in [0.717, 1.165) is 24.8 Å². The van der Waals surface area contributed by atoms with E-state index in [1.807, 2.05) is 18.2 Å². The maximum absolute atomic E-state index is 13.9. The Morgan fingerprint density at radius 1 is 1.00 bits per heavy atom. The number of halogens is 3. The first-order chi connectivity index (χ1) is 18.2. The van der Waals surface area contributed by atoms with Crippen LogP contribution < -0.4 is 4.90 Å². The summed E-state index contributed by atoms with van der Waals surface area (Å²) in [6, 6.07) is 14.0. The number of carbonyl (C=O) groups excluding carboxylic acids is 2. The number of nitrogens with zero attached hydrogens (tertiary/aromatic N) is 3. The van der Waals surface area contributed by atoms with E-state index >= 15 is 0 Å². The summed E-state index contributed by atoms with van der Waals surface area (Å²) in [5, 5.41) is 0. The summed E-state index contributed by atoms with van der Waals surface area (Å²) in [4.78, 5) is 32.4. The summed E-state index contributed by atoms with van der Waals surface area (Å²) >= 11 is 0. The van der Waals surface area contributed by atoms with Crippen molar-refractivity contribution < 1.29 is 27.5 Å². The second-order valence-electron chi connectivity index (χ2n) is 10.5. The molecule has 3 aliphatic heterocycles. The molecule has 6 nitrogen and oxygen atoms in total. The van der Waals surface area contributed by atoms with Crippen LogP contribution in [0.4, 0.5) is 18.9 Å². The third-order valence-electron chi connectivity index (χ3n) is 8.12. The van der Waals surface area contributed by atoms with Gasteiger partial charge in [-0.15, -0.1) is 0 Å². The van der Waals surface area contributed by atoms with Gasteiger partial charge in [-0.05, 0) is 55.5 Å². The maximum atomic E-state index is 13.9. The number of amides is 1. The predicted molar refractivity (Wildman–Crippen MR) is 137 cm³/mol. The molecule has 0 aromatic heterocycles. The fraction of sp³-hybridized carbons (Fsp3) is 0.517. The minimum Gasteiger partial charge on any atom is -0.466 e. The second-order valence-corrected chi connectivity index (χ2v) is 10.5. The molecule has 0 spiro atoms. The van der Waals surface area contributed by atoms with Gasteiger partial charge in [0.1, 0.15) is 0 Å². The van der Waals surface area contributed by atoms with Gasteiger partial charge < -0.3 is 14.5 Å². The Labute approximate surface area is 221 Å². The van der Waals surface area contributed by atoms with E-state index in [2.05, 4.69) is 21.9 Å². The summed E-state index contributed by atoms with van der Waals surface area (Å²) in [6.45, 7) is 5.84. The highest BCUT2D eigenvalue weighted by Crippen LogP contribution is 2.40. The molecule has 0 saturated carbocycles. The molecule has 38 heavy (non-hydrogen) atoms. The van der Waals surface area contributed by atoms with E-state index in [1.165, 1.54) is 11.6 Å². The minimum absolute atomic E-state index is 0.0352. The van der Waals surface area contributed by atoms with Crippen molar-refractivity contribution in [2.45, 2.75) is 44.9 Å². The smallest absolute Gasteiger partial charge is 0.416 e. The lowest BCUT2D eigenvalue weighted by Crippen LogP contribution is -2.61. The molecule has 2 aromatic rings. The predicted octanol–water partition coefficient (Wildman–Crippen LogP) is 4.37. The van der Waals surface area contributed by atoms with Crippen LogP contribution in [0.15, 0.2) is 48.5 Å². The largest absolute Gasteiger partial charge is 0.466 e. The molecule has 0 N–H and O–H groups in total. The van der Waals surface area contributed by atoms with Crippen molar-refractivity contribution in [1.29, 1.82) is 0 Å². The molecule has 9 heteroatoms. The number of fused-ring (bicyclic) bond motifs is 3. The van der Waals surface area contributed by atoms with Gasteiger partial charge in [0.25, 0.3) is 0 Å². The molecule has 3 heterocycles. The number of alkyl halides is 3. The number of esters is 1. The third kappa shape index (κ3) is 5.53. The highest BCUT2D eigenvalue weighted by molar-refractivity contribution is 5.83. The number of anilines is 1. The molecule has 204 valence electrons. The second kappa shape index (κ2) is 11.0. The number of hydrogen-bond donors (Lipinski definition) is 0. The Bertz CT molecular complexity index is 1150. The van der Waals surface area contributed by atoms with Gasteiger partial charge in [0.2, 0.25) is 5.91 Å². The third-order valence-corrected chi connectivity index (χ3v) is 8.12. The lowest BCUT2D eigenvalue weighted by molar-refractivity contribution is -0.152. The monoisotopic (exact) mass is 529 g/mol. The van der Waals surface area contributed by atoms with Gasteiger partial charge >= 0.3 is 12.1 Å². The Kier molecular flexibility index (Phi) is 7.66. The lowest BCUT2D eigenvalue weighted by Gasteiger charge is -2.50. The SMILES string of the molecule is CCOC(=O)C1CCN(C(=O)C2Cc3cc(C(F)(F)F)ccc3N3CCN(Cc4ccccc4)CC23)CC1. The molecule has 2 fully saturated rings. The zero-order valence-electron chi connectivity index (χ0n) is 21.6. The summed E-state index contributed by atoms with van der Waals surface area (Å²) in [7, 11) is 0. The molecule has 2 aromatic carbocycles. The highest BCUT2D eigenvalue weighted by Gasteiger charge is 2.44. The molecular formula is C29H34F3N3O3. The van der Waals surface area contributed by atoms with Gasteiger partial charge in [0.05, 0.1) is 30.0 Å². The summed E-state index contributed by atoms with van der Waals surface area (Å²) < 4.78 is 45.7. The molecule has 2 saturated heterocycles. The highest BCUT2D eigenvalue weighted by atomic mass is 19.4. The van der Waals surface area contributed by atoms with E-state index in [9.17, 15) is 22.8 Å². The molecule has 0 radical (unpaired) electrons. The number of carbonyl (C=O) groups is 2. The average Bonchev–Trinajstić information content (AvgIpc) is 2.92. The van der Waals surface area contributed by atoms with Gasteiger partial charge in [-0.25, -0.2) is 0 Å². The van der Waals surface area contributed by atoms with E-state index in [1.54, 1.807) is 17.9 Å². The average molecular weight is 530 g/mol. The Balaban J connectivity index is 1.38. The van der Waals surface area contributed by atoms with Crippen molar-refractivity contribution in [2.75, 3.05) is 44.2 Å². The minimum atomic E-state index is -4.44. The molecule has 0 bridgehead atoms. The topological polar surface area (TPSA) is 53.1 Å². The summed E-state index contributed by atoms with van der Waals surface area (Å²) in [5.74, 6) is -0.926. The van der Waals surface area contributed by atoms with Crippen molar-refractivity contribution in [3.63, 3.8) is 0 Å². The number of benzene rings is 2. The molecule has 1 amide bonds. The maximum Gasteiger partial charge on any atom is 0.416 e. The number of ether oxygens (including phenoxy) is 1. The van der Waals surface area contributed by atoms with Crippen molar-refractivity contribution in [3.8, 4) is 0 Å². The number of piperazine rings is 1. The van der Waals surface area contributed by atoms with Crippen LogP contribution in [0.25, 0.3) is 0 Å². The number of piperidine rings is 1. The summed E-state index contributed by atoms with van der Waals surface area (Å²) in [6.07, 6.45) is -3.08. The lowest BCUT2D eigenvalue weighted by atomic mass is 9.81. The zero-order chi connectivity index (χ0) is 26.9. The molecule has 3 aliphatic rings. The molecular weight excluding hydrogens is 495 g/mol. The van der Waals surface area contributed by atoms with Gasteiger partial charge in [0.15, 0.2) is 0 Å². The van der Waals surface area contributed by atoms with Crippen molar-refractivity contribution >= 4 is 17.6 Å². The number of hydrogen-bond acceptors (Lipinski definition) is 5. The van der Waals surface area contributed by atoms with Crippen molar-refractivity contribution in [3.05, 3.63) is 65.2 Å². The standard InChI is InChI=1S/C29H34F3N3O3/c1-2-38-28(37)21-10-12-34(13-11-21)27(36)24-17-22-16-23(29(30,31)32)8-9-25(22)35-15-14-33(19-26(24)35)18-20-6-4-3-5-7-20/h3-9,16,21,24,26H,2,10-15,17-19H2,1H3. The Morgan fingerprint density at radius 2 is 1.74 bits per heavy atom. The van der Waals surface area contributed by atoms with Gasteiger partial charge in [-0.3, -0.25) is 14.5 Å². The van der Waals surface area contributed by atoms with Crippen LogP contribution in [0.2, 0.25) is 0 Å². The van der Waals surface area contributed by atoms with Crippen LogP contribution in [-0.4, -0.2) is 67.0 Å². The summed E-state index contributed by atoms with van der Waals surface area (Å²) in [5.41, 5.74) is 1.88. The van der Waals surface area contributed by atoms with E-state index in [-0.39, 0.29) is 30.3 Å². The first-order valence-electron chi connectivity index (χ1n) is 13.4. The normalized spacial score (nSPS) is 22.5. The van der Waals surface area contributed by atoms with Crippen LogP contribution >= 0.6 is 0 Å². The van der Waals surface area contributed by atoms with Crippen LogP contribution in [0.3, 0.4) is 0 Å². The molecule has 2 unspecified atom stereocenters. The van der Waals surface area contributed by atoms with Crippen molar-refractivity contribution in [1.82, 2.24) is 9.80 Å². The van der Waals surface area contributed by atoms with Crippen LogP contribution in [-0.2, 0) is 33.5 Å². The first kappa shape index (κ1) is 26.5. The molecule has 2 atom stereocenters. The molecule has 0 aliphatic carbocycles. The van der Waals surface area contributed by atoms with E-state index in [4.69, 9.17) is 4.74 Å².